The van der Waals surface area contributed by atoms with Crippen LogP contribution in [-0.4, -0.2) is 40.0 Å². The standard InChI is InChI=1S/C17H25N3O2/c21-12-14-6-8-18-10-16(14)19-17(22)13-7-9-20(11-13)15-4-2-1-3-5-15/h6,8,10,13,15,21H,1-5,7,9,11-12H2,(H,19,22). The van der Waals surface area contributed by atoms with Crippen molar-refractivity contribution in [3.8, 4) is 0 Å². The van der Waals surface area contributed by atoms with Gasteiger partial charge in [0.1, 0.15) is 0 Å². The molecule has 22 heavy (non-hydrogen) atoms. The number of amides is 1. The third kappa shape index (κ3) is 3.47. The van der Waals surface area contributed by atoms with E-state index in [9.17, 15) is 9.90 Å². The minimum absolute atomic E-state index is 0.0497. The Morgan fingerprint density at radius 3 is 2.91 bits per heavy atom. The van der Waals surface area contributed by atoms with Crippen LogP contribution in [0.25, 0.3) is 0 Å². The maximum absolute atomic E-state index is 12.5. The molecule has 1 atom stereocenters. The highest BCUT2D eigenvalue weighted by Crippen LogP contribution is 2.28. The van der Waals surface area contributed by atoms with E-state index in [-0.39, 0.29) is 18.4 Å². The van der Waals surface area contributed by atoms with Crippen molar-refractivity contribution in [1.82, 2.24) is 9.88 Å². The second-order valence-corrected chi connectivity index (χ2v) is 6.45. The number of pyridine rings is 1. The molecule has 120 valence electrons. The Morgan fingerprint density at radius 1 is 1.32 bits per heavy atom. The Labute approximate surface area is 131 Å². The van der Waals surface area contributed by atoms with Crippen LogP contribution in [0.2, 0.25) is 0 Å². The van der Waals surface area contributed by atoms with Crippen molar-refractivity contribution >= 4 is 11.6 Å². The SMILES string of the molecule is O=C(Nc1cnccc1CO)C1CCN(C2CCCCC2)C1. The van der Waals surface area contributed by atoms with Gasteiger partial charge in [-0.1, -0.05) is 19.3 Å². The molecule has 2 N–H and O–H groups in total. The van der Waals surface area contributed by atoms with Crippen LogP contribution < -0.4 is 5.32 Å². The van der Waals surface area contributed by atoms with Crippen molar-refractivity contribution in [2.75, 3.05) is 18.4 Å². The molecule has 1 aromatic heterocycles. The zero-order valence-electron chi connectivity index (χ0n) is 13.0. The average molecular weight is 303 g/mol. The highest BCUT2D eigenvalue weighted by Gasteiger charge is 2.32. The molecule has 1 aliphatic heterocycles. The maximum Gasteiger partial charge on any atom is 0.228 e. The summed E-state index contributed by atoms with van der Waals surface area (Å²) in [7, 11) is 0. The molecule has 1 amide bonds. The van der Waals surface area contributed by atoms with E-state index in [1.54, 1.807) is 18.5 Å². The third-order valence-electron chi connectivity index (χ3n) is 5.02. The van der Waals surface area contributed by atoms with E-state index >= 15 is 0 Å². The van der Waals surface area contributed by atoms with Gasteiger partial charge in [-0.15, -0.1) is 0 Å². The fourth-order valence-electron chi connectivity index (χ4n) is 3.69. The Hall–Kier alpha value is -1.46. The van der Waals surface area contributed by atoms with Gasteiger partial charge in [0.15, 0.2) is 0 Å². The number of hydrogen-bond acceptors (Lipinski definition) is 4. The minimum atomic E-state index is -0.0863. The molecule has 0 bridgehead atoms. The van der Waals surface area contributed by atoms with Gasteiger partial charge < -0.3 is 10.4 Å². The van der Waals surface area contributed by atoms with Crippen LogP contribution in [0, 0.1) is 5.92 Å². The van der Waals surface area contributed by atoms with E-state index in [0.29, 0.717) is 17.3 Å². The monoisotopic (exact) mass is 303 g/mol. The summed E-state index contributed by atoms with van der Waals surface area (Å²) in [6, 6.07) is 2.41. The Balaban J connectivity index is 1.57. The lowest BCUT2D eigenvalue weighted by Gasteiger charge is -2.30. The molecule has 1 saturated carbocycles. The van der Waals surface area contributed by atoms with Crippen LogP contribution in [0.1, 0.15) is 44.1 Å². The number of aliphatic hydroxyl groups is 1. The van der Waals surface area contributed by atoms with Crippen LogP contribution in [0.3, 0.4) is 0 Å². The quantitative estimate of drug-likeness (QED) is 0.894. The van der Waals surface area contributed by atoms with Gasteiger partial charge in [0, 0.05) is 24.3 Å². The normalized spacial score (nSPS) is 23.6. The van der Waals surface area contributed by atoms with Crippen molar-refractivity contribution in [3.63, 3.8) is 0 Å². The predicted octanol–water partition coefficient (Wildman–Crippen LogP) is 2.17. The van der Waals surface area contributed by atoms with E-state index in [1.165, 1.54) is 32.1 Å². The summed E-state index contributed by atoms with van der Waals surface area (Å²) >= 11 is 0. The van der Waals surface area contributed by atoms with Gasteiger partial charge in [0.25, 0.3) is 0 Å². The first-order valence-electron chi connectivity index (χ1n) is 8.36. The maximum atomic E-state index is 12.5. The highest BCUT2D eigenvalue weighted by atomic mass is 16.3. The van der Waals surface area contributed by atoms with Crippen LogP contribution in [0.5, 0.6) is 0 Å². The molecular formula is C17H25N3O2. The summed E-state index contributed by atoms with van der Waals surface area (Å²) < 4.78 is 0. The molecule has 5 nitrogen and oxygen atoms in total. The first-order valence-corrected chi connectivity index (χ1v) is 8.36. The smallest absolute Gasteiger partial charge is 0.228 e. The van der Waals surface area contributed by atoms with Gasteiger partial charge >= 0.3 is 0 Å². The number of carbonyl (C=O) groups excluding carboxylic acids is 1. The summed E-state index contributed by atoms with van der Waals surface area (Å²) in [6.07, 6.45) is 10.7. The molecule has 1 unspecified atom stereocenters. The van der Waals surface area contributed by atoms with E-state index in [4.69, 9.17) is 0 Å². The number of carbonyl (C=O) groups is 1. The summed E-state index contributed by atoms with van der Waals surface area (Å²) in [5, 5.41) is 12.3. The lowest BCUT2D eigenvalue weighted by Crippen LogP contribution is -2.36. The molecular weight excluding hydrogens is 278 g/mol. The first kappa shape index (κ1) is 15.4. The minimum Gasteiger partial charge on any atom is -0.392 e. The number of likely N-dealkylation sites (tertiary alicyclic amines) is 1. The summed E-state index contributed by atoms with van der Waals surface area (Å²) in [5.74, 6) is 0.106. The Bertz CT molecular complexity index is 514. The number of nitrogens with zero attached hydrogens (tertiary/aromatic N) is 2. The van der Waals surface area contributed by atoms with Crippen molar-refractivity contribution in [3.05, 3.63) is 24.0 Å². The topological polar surface area (TPSA) is 65.5 Å². The number of rotatable bonds is 4. The molecule has 0 aromatic carbocycles. The molecule has 1 aliphatic carbocycles. The molecule has 1 saturated heterocycles. The average Bonchev–Trinajstić information content (AvgIpc) is 3.06. The van der Waals surface area contributed by atoms with E-state index in [0.717, 1.165) is 19.5 Å². The van der Waals surface area contributed by atoms with Crippen LogP contribution in [-0.2, 0) is 11.4 Å². The van der Waals surface area contributed by atoms with E-state index in [1.807, 2.05) is 0 Å². The van der Waals surface area contributed by atoms with Gasteiger partial charge in [-0.2, -0.15) is 0 Å². The van der Waals surface area contributed by atoms with Gasteiger partial charge in [0.05, 0.1) is 24.4 Å². The first-order chi connectivity index (χ1) is 10.8. The number of hydrogen-bond donors (Lipinski definition) is 2. The molecule has 0 spiro atoms. The second kappa shape index (κ2) is 7.20. The number of anilines is 1. The zero-order chi connectivity index (χ0) is 15.4. The second-order valence-electron chi connectivity index (χ2n) is 6.45. The predicted molar refractivity (Wildman–Crippen MR) is 85.3 cm³/mol. The molecule has 3 rings (SSSR count). The van der Waals surface area contributed by atoms with Crippen molar-refractivity contribution in [2.24, 2.45) is 5.92 Å². The van der Waals surface area contributed by atoms with Gasteiger partial charge in [-0.3, -0.25) is 14.7 Å². The Morgan fingerprint density at radius 2 is 2.14 bits per heavy atom. The summed E-state index contributed by atoms with van der Waals surface area (Å²) in [5.41, 5.74) is 1.34. The molecule has 1 aromatic rings. The van der Waals surface area contributed by atoms with Gasteiger partial charge in [0.2, 0.25) is 5.91 Å². The highest BCUT2D eigenvalue weighted by molar-refractivity contribution is 5.93. The molecule has 2 fully saturated rings. The zero-order valence-corrected chi connectivity index (χ0v) is 13.0. The van der Waals surface area contributed by atoms with Crippen molar-refractivity contribution in [1.29, 1.82) is 0 Å². The van der Waals surface area contributed by atoms with Crippen LogP contribution >= 0.6 is 0 Å². The molecule has 2 heterocycles. The Kier molecular flexibility index (Phi) is 5.05. The lowest BCUT2D eigenvalue weighted by atomic mass is 9.94. The molecule has 0 radical (unpaired) electrons. The molecule has 5 heteroatoms. The summed E-state index contributed by atoms with van der Waals surface area (Å²) in [4.78, 5) is 19.0. The third-order valence-corrected chi connectivity index (χ3v) is 5.02. The number of aliphatic hydroxyl groups excluding tert-OH is 1. The largest absolute Gasteiger partial charge is 0.392 e. The lowest BCUT2D eigenvalue weighted by molar-refractivity contribution is -0.119. The van der Waals surface area contributed by atoms with Crippen LogP contribution in [0.4, 0.5) is 5.69 Å². The fraction of sp³-hybridized carbons (Fsp3) is 0.647. The van der Waals surface area contributed by atoms with E-state index < -0.39 is 0 Å². The molecule has 2 aliphatic rings. The van der Waals surface area contributed by atoms with Crippen molar-refractivity contribution in [2.45, 2.75) is 51.2 Å². The van der Waals surface area contributed by atoms with E-state index in [2.05, 4.69) is 15.2 Å². The van der Waals surface area contributed by atoms with Gasteiger partial charge in [-0.05, 0) is 31.9 Å². The number of nitrogens with one attached hydrogen (secondary N) is 1. The van der Waals surface area contributed by atoms with Crippen molar-refractivity contribution < 1.29 is 9.90 Å². The number of aromatic nitrogens is 1. The summed E-state index contributed by atoms with van der Waals surface area (Å²) in [6.45, 7) is 1.81. The van der Waals surface area contributed by atoms with Crippen LogP contribution in [0.15, 0.2) is 18.5 Å². The van der Waals surface area contributed by atoms with Gasteiger partial charge in [-0.25, -0.2) is 0 Å². The fourth-order valence-corrected chi connectivity index (χ4v) is 3.69.